The molecule has 5 aromatic rings. The van der Waals surface area contributed by atoms with Gasteiger partial charge in [-0.15, -0.1) is 11.3 Å². The summed E-state index contributed by atoms with van der Waals surface area (Å²) in [6.45, 7) is 3.13. The molecule has 2 aliphatic rings. The Hall–Kier alpha value is -5.61. The van der Waals surface area contributed by atoms with Crippen LogP contribution in [0.15, 0.2) is 109 Å². The Morgan fingerprint density at radius 3 is 1.54 bits per heavy atom. The van der Waals surface area contributed by atoms with Gasteiger partial charge in [-0.25, -0.2) is 4.98 Å². The van der Waals surface area contributed by atoms with Crippen LogP contribution in [0.2, 0.25) is 0 Å². The van der Waals surface area contributed by atoms with Gasteiger partial charge in [0.1, 0.15) is 12.1 Å². The second-order valence-electron chi connectivity index (χ2n) is 13.4. The van der Waals surface area contributed by atoms with Crippen molar-refractivity contribution in [3.05, 3.63) is 125 Å². The van der Waals surface area contributed by atoms with E-state index in [0.29, 0.717) is 37.3 Å². The molecule has 0 radical (unpaired) electrons. The molecule has 2 aliphatic heterocycles. The first-order valence-electron chi connectivity index (χ1n) is 17.8. The van der Waals surface area contributed by atoms with Gasteiger partial charge in [-0.1, -0.05) is 84.9 Å². The second-order valence-corrected chi connectivity index (χ2v) is 14.6. The van der Waals surface area contributed by atoms with Crippen molar-refractivity contribution in [2.75, 3.05) is 23.7 Å². The van der Waals surface area contributed by atoms with E-state index in [4.69, 9.17) is 4.98 Å². The summed E-state index contributed by atoms with van der Waals surface area (Å²) in [6, 6.07) is 33.6. The second kappa shape index (κ2) is 15.7. The number of likely N-dealkylation sites (tertiary alicyclic amines) is 2. The van der Waals surface area contributed by atoms with E-state index in [1.165, 1.54) is 0 Å². The van der Waals surface area contributed by atoms with E-state index in [1.54, 1.807) is 21.1 Å². The zero-order valence-electron chi connectivity index (χ0n) is 29.1. The lowest BCUT2D eigenvalue weighted by atomic mass is 10.1. The Morgan fingerprint density at radius 2 is 1.08 bits per heavy atom. The number of hydrogen-bond acceptors (Lipinski definition) is 6. The van der Waals surface area contributed by atoms with Crippen molar-refractivity contribution in [3.8, 4) is 21.7 Å². The molecule has 4 amide bonds. The van der Waals surface area contributed by atoms with Crippen LogP contribution in [0.3, 0.4) is 0 Å². The summed E-state index contributed by atoms with van der Waals surface area (Å²) in [5.74, 6) is -0.419. The minimum absolute atomic E-state index is 0.0332. The highest BCUT2D eigenvalue weighted by molar-refractivity contribution is 7.15. The molecular weight excluding hydrogens is 671 g/mol. The summed E-state index contributed by atoms with van der Waals surface area (Å²) in [5, 5.41) is 6.96. The molecule has 3 heterocycles. The average molecular weight is 712 g/mol. The van der Waals surface area contributed by atoms with Gasteiger partial charge in [0.15, 0.2) is 0 Å². The Kier molecular flexibility index (Phi) is 10.5. The molecule has 2 unspecified atom stereocenters. The number of aryl methyl sites for hydroxylation is 1. The van der Waals surface area contributed by atoms with Crippen molar-refractivity contribution in [1.82, 2.24) is 14.8 Å². The van der Waals surface area contributed by atoms with Gasteiger partial charge in [-0.05, 0) is 73.6 Å². The molecule has 2 atom stereocenters. The molecule has 0 saturated carbocycles. The fraction of sp³-hybridized carbons (Fsp3) is 0.262. The first-order chi connectivity index (χ1) is 25.3. The van der Waals surface area contributed by atoms with Gasteiger partial charge in [0.05, 0.1) is 28.4 Å². The number of amides is 4. The Labute approximate surface area is 307 Å². The minimum atomic E-state index is -0.490. The summed E-state index contributed by atoms with van der Waals surface area (Å²) >= 11 is 1.59. The number of nitrogens with zero attached hydrogens (tertiary/aromatic N) is 3. The maximum Gasteiger partial charge on any atom is 0.247 e. The van der Waals surface area contributed by atoms with Crippen molar-refractivity contribution in [3.63, 3.8) is 0 Å². The molecule has 7 rings (SSSR count). The zero-order valence-corrected chi connectivity index (χ0v) is 29.9. The summed E-state index contributed by atoms with van der Waals surface area (Å²) < 4.78 is 0. The third-order valence-corrected chi connectivity index (χ3v) is 10.7. The Bertz CT molecular complexity index is 1900. The molecule has 1 aromatic heterocycles. The number of benzene rings is 4. The summed E-state index contributed by atoms with van der Waals surface area (Å²) in [5.41, 5.74) is 5.93. The predicted octanol–water partition coefficient (Wildman–Crippen LogP) is 7.13. The normalized spacial score (nSPS) is 16.9. The molecule has 2 saturated heterocycles. The molecule has 0 spiro atoms. The number of hydrogen-bond donors (Lipinski definition) is 2. The molecule has 0 aliphatic carbocycles. The van der Waals surface area contributed by atoms with Crippen LogP contribution in [-0.4, -0.2) is 63.6 Å². The number of anilines is 2. The maximum atomic E-state index is 13.3. The van der Waals surface area contributed by atoms with Crippen molar-refractivity contribution < 1.29 is 19.2 Å². The lowest BCUT2D eigenvalue weighted by molar-refractivity contribution is -0.136. The number of rotatable bonds is 10. The summed E-state index contributed by atoms with van der Waals surface area (Å²) in [4.78, 5) is 61.9. The van der Waals surface area contributed by atoms with Gasteiger partial charge in [-0.2, -0.15) is 0 Å². The predicted molar refractivity (Wildman–Crippen MR) is 205 cm³/mol. The molecule has 4 aromatic carbocycles. The van der Waals surface area contributed by atoms with Crippen LogP contribution in [-0.2, 0) is 32.0 Å². The molecule has 2 fully saturated rings. The summed E-state index contributed by atoms with van der Waals surface area (Å²) in [6.07, 6.45) is 3.44. The lowest BCUT2D eigenvalue weighted by Gasteiger charge is -2.24. The number of thiazole rings is 1. The van der Waals surface area contributed by atoms with Crippen LogP contribution in [0.4, 0.5) is 11.4 Å². The van der Waals surface area contributed by atoms with Crippen molar-refractivity contribution >= 4 is 46.3 Å². The fourth-order valence-corrected chi connectivity index (χ4v) is 8.05. The molecule has 10 heteroatoms. The first-order valence-corrected chi connectivity index (χ1v) is 18.6. The number of aromatic nitrogens is 1. The van der Waals surface area contributed by atoms with E-state index in [1.807, 2.05) is 116 Å². The fourth-order valence-electron chi connectivity index (χ4n) is 7.11. The highest BCUT2D eigenvalue weighted by Crippen LogP contribution is 2.37. The van der Waals surface area contributed by atoms with Crippen LogP contribution < -0.4 is 10.6 Å². The van der Waals surface area contributed by atoms with Crippen molar-refractivity contribution in [2.45, 2.75) is 57.5 Å². The highest BCUT2D eigenvalue weighted by Gasteiger charge is 2.35. The van der Waals surface area contributed by atoms with Gasteiger partial charge in [0, 0.05) is 30.0 Å². The first kappa shape index (κ1) is 34.8. The molecular formula is C42H41N5O4S. The largest absolute Gasteiger partial charge is 0.330 e. The van der Waals surface area contributed by atoms with Crippen molar-refractivity contribution in [1.29, 1.82) is 0 Å². The van der Waals surface area contributed by atoms with Gasteiger partial charge < -0.3 is 20.4 Å². The van der Waals surface area contributed by atoms with Crippen LogP contribution in [0.5, 0.6) is 0 Å². The average Bonchev–Trinajstić information content (AvgIpc) is 3.94. The molecule has 9 nitrogen and oxygen atoms in total. The van der Waals surface area contributed by atoms with Crippen LogP contribution in [0, 0.1) is 6.92 Å². The van der Waals surface area contributed by atoms with Gasteiger partial charge in [-0.3, -0.25) is 19.2 Å². The molecule has 52 heavy (non-hydrogen) atoms. The van der Waals surface area contributed by atoms with Gasteiger partial charge >= 0.3 is 0 Å². The lowest BCUT2D eigenvalue weighted by Crippen LogP contribution is -2.43. The smallest absolute Gasteiger partial charge is 0.247 e. The summed E-state index contributed by atoms with van der Waals surface area (Å²) in [7, 11) is 0. The third kappa shape index (κ3) is 7.97. The van der Waals surface area contributed by atoms with Gasteiger partial charge in [0.25, 0.3) is 0 Å². The van der Waals surface area contributed by atoms with Crippen molar-refractivity contribution in [2.24, 2.45) is 0 Å². The van der Waals surface area contributed by atoms with E-state index in [0.717, 1.165) is 50.7 Å². The number of carbonyl (C=O) groups excluding carboxylic acids is 4. The zero-order chi connectivity index (χ0) is 36.0. The third-order valence-electron chi connectivity index (χ3n) is 9.72. The Balaban J connectivity index is 0.977. The van der Waals surface area contributed by atoms with E-state index in [-0.39, 0.29) is 36.5 Å². The van der Waals surface area contributed by atoms with Crippen LogP contribution >= 0.6 is 11.3 Å². The van der Waals surface area contributed by atoms with Gasteiger partial charge in [0.2, 0.25) is 23.6 Å². The molecule has 2 N–H and O–H groups in total. The topological polar surface area (TPSA) is 112 Å². The van der Waals surface area contributed by atoms with E-state index < -0.39 is 12.1 Å². The van der Waals surface area contributed by atoms with E-state index in [2.05, 4.69) is 10.6 Å². The Morgan fingerprint density at radius 1 is 0.635 bits per heavy atom. The highest BCUT2D eigenvalue weighted by atomic mass is 32.1. The quantitative estimate of drug-likeness (QED) is 0.160. The molecule has 264 valence electrons. The number of carbonyl (C=O) groups is 4. The maximum absolute atomic E-state index is 13.3. The number of nitrogens with one attached hydrogen (secondary N) is 2. The minimum Gasteiger partial charge on any atom is -0.330 e. The van der Waals surface area contributed by atoms with E-state index >= 15 is 0 Å². The van der Waals surface area contributed by atoms with Crippen LogP contribution in [0.1, 0.15) is 41.8 Å². The monoisotopic (exact) mass is 711 g/mol. The SMILES string of the molecule is Cc1nc(-c2ccc(NC(=O)C3CCCN3C(=O)Cc3ccccc3)cc2)c(-c2ccc(NC(=O)C3CCCN3C(=O)Cc3ccccc3)cc2)s1. The van der Waals surface area contributed by atoms with Crippen LogP contribution in [0.25, 0.3) is 21.7 Å². The van der Waals surface area contributed by atoms with E-state index in [9.17, 15) is 19.2 Å². The standard InChI is InChI=1S/C42H41N5O4S/c1-28-43-39(31-16-20-33(21-17-31)44-41(50)35-14-8-24-46(35)37(48)26-29-10-4-2-5-11-29)40(52-28)32-18-22-34(23-19-32)45-42(51)36-15-9-25-47(36)38(49)27-30-12-6-3-7-13-30/h2-7,10-13,16-23,35-36H,8-9,14-15,24-27H2,1H3,(H,44,50)(H,45,51). The molecule has 0 bridgehead atoms.